The van der Waals surface area contributed by atoms with E-state index in [0.717, 1.165) is 0 Å². The fourth-order valence-electron chi connectivity index (χ4n) is 7.14. The van der Waals surface area contributed by atoms with Crippen molar-refractivity contribution in [3.8, 4) is 5.75 Å². The molecule has 7 atom stereocenters. The zero-order chi connectivity index (χ0) is 30.4. The summed E-state index contributed by atoms with van der Waals surface area (Å²) < 4.78 is 0. The number of carboxylic acid groups (broad SMARTS) is 1. The van der Waals surface area contributed by atoms with Gasteiger partial charge in [0.1, 0.15) is 22.8 Å². The van der Waals surface area contributed by atoms with Gasteiger partial charge in [-0.15, -0.1) is 0 Å². The molecule has 3 aliphatic carbocycles. The molecule has 7 N–H and O–H groups in total. The van der Waals surface area contributed by atoms with Gasteiger partial charge in [-0.3, -0.25) is 24.1 Å². The average Bonchev–Trinajstić information content (AvgIpc) is 2.82. The van der Waals surface area contributed by atoms with Crippen LogP contribution in [-0.2, 0) is 24.6 Å². The maximum absolute atomic E-state index is 14.3. The van der Waals surface area contributed by atoms with E-state index in [1.165, 1.54) is 25.9 Å². The van der Waals surface area contributed by atoms with E-state index in [-0.39, 0.29) is 16.9 Å². The smallest absolute Gasteiger partial charge is 0.306 e. The molecule has 1 unspecified atom stereocenters. The molecule has 1 fully saturated rings. The van der Waals surface area contributed by atoms with Crippen molar-refractivity contribution in [2.75, 3.05) is 14.1 Å². The fourth-order valence-corrected chi connectivity index (χ4v) is 7.14. The van der Waals surface area contributed by atoms with Gasteiger partial charge in [-0.05, 0) is 31.0 Å². The molecule has 11 heteroatoms. The number of nitrogens with zero attached hydrogens (tertiary/aromatic N) is 1. The predicted molar refractivity (Wildman–Crippen MR) is 143 cm³/mol. The third-order valence-electron chi connectivity index (χ3n) is 8.98. The maximum atomic E-state index is 14.3. The Bertz CT molecular complexity index is 1420. The molecule has 216 valence electrons. The lowest BCUT2D eigenvalue weighted by atomic mass is 9.50. The topological polar surface area (TPSA) is 199 Å². The molecule has 0 bridgehead atoms. The number of phenols is 1. The van der Waals surface area contributed by atoms with Crippen LogP contribution < -0.4 is 5.73 Å². The van der Waals surface area contributed by atoms with Crippen LogP contribution in [0.25, 0.3) is 5.76 Å². The van der Waals surface area contributed by atoms with Gasteiger partial charge in [0, 0.05) is 28.9 Å². The van der Waals surface area contributed by atoms with Crippen molar-refractivity contribution in [2.45, 2.75) is 57.6 Å². The molecule has 1 amide bonds. The Labute approximate surface area is 231 Å². The number of amides is 1. The van der Waals surface area contributed by atoms with Gasteiger partial charge < -0.3 is 31.3 Å². The Kier molecular flexibility index (Phi) is 6.71. The van der Waals surface area contributed by atoms with Gasteiger partial charge in [0.15, 0.2) is 11.4 Å². The van der Waals surface area contributed by atoms with E-state index in [1.807, 2.05) is 20.8 Å². The Morgan fingerprint density at radius 1 is 1.10 bits per heavy atom. The van der Waals surface area contributed by atoms with Crippen molar-refractivity contribution < 1.29 is 44.7 Å². The number of aromatic hydroxyl groups is 1. The predicted octanol–water partition coefficient (Wildman–Crippen LogP) is 1.77. The van der Waals surface area contributed by atoms with Gasteiger partial charge in [0.25, 0.3) is 5.91 Å². The van der Waals surface area contributed by atoms with Gasteiger partial charge in [0.2, 0.25) is 5.78 Å². The van der Waals surface area contributed by atoms with E-state index in [2.05, 4.69) is 0 Å². The summed E-state index contributed by atoms with van der Waals surface area (Å²) in [6.07, 6.45) is 0. The SMILES string of the molecule is CC(C(=O)O)[C@H]1c2ccc(C(C)(C)C)c(O)c2C(O)=C2C(=O)[C@]3(O)C(O)=C(C(N)=O)C(=O)[C@@H](N(C)C)[C@@H]3[C@@H](C)[C@@H]21. The Morgan fingerprint density at radius 2 is 1.68 bits per heavy atom. The molecule has 0 saturated heterocycles. The molecule has 0 heterocycles. The first-order valence-corrected chi connectivity index (χ1v) is 13.1. The number of likely N-dealkylation sites (N-methyl/N-ethyl adjacent to an activating group) is 1. The first kappa shape index (κ1) is 29.3. The highest BCUT2D eigenvalue weighted by atomic mass is 16.4. The number of aliphatic hydroxyl groups is 3. The molecule has 40 heavy (non-hydrogen) atoms. The van der Waals surface area contributed by atoms with E-state index in [1.54, 1.807) is 19.1 Å². The largest absolute Gasteiger partial charge is 0.508 e. The van der Waals surface area contributed by atoms with Crippen LogP contribution in [-0.4, -0.2) is 79.6 Å². The minimum Gasteiger partial charge on any atom is -0.508 e. The number of ketones is 2. The summed E-state index contributed by atoms with van der Waals surface area (Å²) in [4.78, 5) is 53.7. The van der Waals surface area contributed by atoms with E-state index in [0.29, 0.717) is 11.1 Å². The minimum atomic E-state index is -2.84. The van der Waals surface area contributed by atoms with Crippen molar-refractivity contribution in [2.24, 2.45) is 29.4 Å². The number of phenolic OH excluding ortho intramolecular Hbond substituents is 1. The second kappa shape index (κ2) is 9.17. The molecule has 3 aliphatic rings. The summed E-state index contributed by atoms with van der Waals surface area (Å²) >= 11 is 0. The lowest BCUT2D eigenvalue weighted by molar-refractivity contribution is -0.162. The number of nitrogens with two attached hydrogens (primary N) is 1. The van der Waals surface area contributed by atoms with Gasteiger partial charge in [-0.25, -0.2) is 0 Å². The van der Waals surface area contributed by atoms with Crippen molar-refractivity contribution in [3.63, 3.8) is 0 Å². The third kappa shape index (κ3) is 3.71. The van der Waals surface area contributed by atoms with Crippen LogP contribution in [0.1, 0.15) is 57.2 Å². The first-order valence-electron chi connectivity index (χ1n) is 13.1. The highest BCUT2D eigenvalue weighted by molar-refractivity contribution is 6.24. The van der Waals surface area contributed by atoms with E-state index in [4.69, 9.17) is 5.73 Å². The number of primary amides is 1. The lowest BCUT2D eigenvalue weighted by Gasteiger charge is -2.55. The summed E-state index contributed by atoms with van der Waals surface area (Å²) in [5.74, 6) is -12.2. The number of aliphatic carboxylic acids is 1. The number of carboxylic acids is 1. The number of fused-ring (bicyclic) bond motifs is 3. The molecule has 0 radical (unpaired) electrons. The Balaban J connectivity index is 2.14. The minimum absolute atomic E-state index is 0.131. The lowest BCUT2D eigenvalue weighted by Crippen LogP contribution is -2.68. The van der Waals surface area contributed by atoms with Crippen molar-refractivity contribution in [3.05, 3.63) is 45.7 Å². The second-order valence-corrected chi connectivity index (χ2v) is 12.5. The number of Topliss-reactive ketones (excluding diaryl/α,β-unsaturated/α-hetero) is 2. The van der Waals surface area contributed by atoms with Gasteiger partial charge >= 0.3 is 5.97 Å². The number of hydrogen-bond acceptors (Lipinski definition) is 9. The molecule has 0 spiro atoms. The van der Waals surface area contributed by atoms with Crippen LogP contribution in [0, 0.1) is 23.7 Å². The number of rotatable bonds is 4. The normalized spacial score (nSPS) is 31.1. The number of carbonyl (C=O) groups excluding carboxylic acids is 3. The quantitative estimate of drug-likeness (QED) is 0.297. The molecule has 0 aromatic heterocycles. The Morgan fingerprint density at radius 3 is 2.15 bits per heavy atom. The molecular formula is C29H36N2O9. The van der Waals surface area contributed by atoms with E-state index < -0.39 is 87.2 Å². The summed E-state index contributed by atoms with van der Waals surface area (Å²) in [6, 6.07) is 1.99. The third-order valence-corrected chi connectivity index (χ3v) is 8.98. The molecule has 1 aromatic rings. The van der Waals surface area contributed by atoms with Gasteiger partial charge in [-0.1, -0.05) is 46.8 Å². The van der Waals surface area contributed by atoms with Crippen LogP contribution in [0.15, 0.2) is 29.0 Å². The molecule has 4 rings (SSSR count). The maximum Gasteiger partial charge on any atom is 0.306 e. The van der Waals surface area contributed by atoms with Crippen LogP contribution >= 0.6 is 0 Å². The zero-order valence-corrected chi connectivity index (χ0v) is 23.5. The highest BCUT2D eigenvalue weighted by Crippen LogP contribution is 2.60. The van der Waals surface area contributed by atoms with E-state index in [9.17, 15) is 44.7 Å². The summed E-state index contributed by atoms with van der Waals surface area (Å²) in [5, 5.41) is 56.1. The van der Waals surface area contributed by atoms with Crippen molar-refractivity contribution in [1.29, 1.82) is 0 Å². The molecule has 11 nitrogen and oxygen atoms in total. The second-order valence-electron chi connectivity index (χ2n) is 12.5. The summed E-state index contributed by atoms with van der Waals surface area (Å²) in [6.45, 7) is 8.54. The first-order chi connectivity index (χ1) is 18.3. The average molecular weight is 557 g/mol. The van der Waals surface area contributed by atoms with E-state index >= 15 is 0 Å². The van der Waals surface area contributed by atoms with Crippen LogP contribution in [0.3, 0.4) is 0 Å². The summed E-state index contributed by atoms with van der Waals surface area (Å²) in [7, 11) is 3.01. The summed E-state index contributed by atoms with van der Waals surface area (Å²) in [5.41, 5.74) is 1.26. The van der Waals surface area contributed by atoms with Gasteiger partial charge in [0.05, 0.1) is 17.5 Å². The standard InChI is InChI=1S/C29H36N2O9/c1-10-15-14(11(2)27(38)39)12-8-9-13(28(3,4)5)21(32)16(12)22(33)17(15)24(35)29(40)19(10)20(31(6)7)23(34)18(25(29)36)26(30)37/h8-11,14-15,19-20,32-33,36,40H,1-7H3,(H2,30,37)(H,38,39)/t10-,11?,14-,15+,19-,20-,29-/m0/s1. The van der Waals surface area contributed by atoms with Crippen molar-refractivity contribution in [1.82, 2.24) is 4.90 Å². The van der Waals surface area contributed by atoms with Crippen LogP contribution in [0.2, 0.25) is 0 Å². The Hall–Kier alpha value is -3.70. The van der Waals surface area contributed by atoms with Crippen LogP contribution in [0.5, 0.6) is 5.75 Å². The molecule has 1 aromatic carbocycles. The number of carbonyl (C=O) groups is 4. The number of benzene rings is 1. The fraction of sp³-hybridized carbons (Fsp3) is 0.517. The number of aliphatic hydroxyl groups excluding tert-OH is 2. The van der Waals surface area contributed by atoms with Crippen LogP contribution in [0.4, 0.5) is 0 Å². The monoisotopic (exact) mass is 556 g/mol. The molecule has 1 saturated carbocycles. The molecular weight excluding hydrogens is 520 g/mol. The van der Waals surface area contributed by atoms with Crippen molar-refractivity contribution >= 4 is 29.2 Å². The number of hydrogen-bond donors (Lipinski definition) is 6. The zero-order valence-electron chi connectivity index (χ0n) is 23.5. The van der Waals surface area contributed by atoms with Gasteiger partial charge in [-0.2, -0.15) is 0 Å². The molecule has 0 aliphatic heterocycles. The highest BCUT2D eigenvalue weighted by Gasteiger charge is 2.68.